The van der Waals surface area contributed by atoms with Crippen LogP contribution in [-0.2, 0) is 14.4 Å². The van der Waals surface area contributed by atoms with Crippen molar-refractivity contribution in [3.63, 3.8) is 0 Å². The van der Waals surface area contributed by atoms with Crippen LogP contribution in [0.5, 0.6) is 0 Å². The van der Waals surface area contributed by atoms with Gasteiger partial charge >= 0.3 is 5.97 Å². The number of carbonyl (C=O) groups excluding carboxylic acids is 1. The average Bonchev–Trinajstić information content (AvgIpc) is 2.67. The largest absolute Gasteiger partial charge is 0.365 e. The molecule has 0 amide bonds. The van der Waals surface area contributed by atoms with Crippen molar-refractivity contribution < 1.29 is 14.4 Å². The summed E-state index contributed by atoms with van der Waals surface area (Å²) in [6, 6.07) is 0. The third-order valence-electron chi connectivity index (χ3n) is 3.85. The molecule has 0 bridgehead atoms. The van der Waals surface area contributed by atoms with Crippen LogP contribution in [0.2, 0.25) is 0 Å². The molecule has 0 N–H and O–H groups in total. The van der Waals surface area contributed by atoms with Gasteiger partial charge < -0.3 is 14.5 Å². The smallest absolute Gasteiger partial charge is 0.334 e. The van der Waals surface area contributed by atoms with E-state index in [9.17, 15) is 4.79 Å². The van der Waals surface area contributed by atoms with Gasteiger partial charge in [0.2, 0.25) is 0 Å². The maximum Gasteiger partial charge on any atom is 0.334 e. The van der Waals surface area contributed by atoms with Gasteiger partial charge in [-0.1, -0.05) is 12.1 Å². The normalized spacial score (nSPS) is 29.9. The molecule has 5 nitrogen and oxygen atoms in total. The first-order chi connectivity index (χ1) is 8.54. The monoisotopic (exact) mass is 254 g/mol. The molecule has 18 heavy (non-hydrogen) atoms. The minimum atomic E-state index is -0.293. The quantitative estimate of drug-likeness (QED) is 0.554. The van der Waals surface area contributed by atoms with E-state index >= 15 is 0 Å². The van der Waals surface area contributed by atoms with Crippen molar-refractivity contribution in [3.05, 3.63) is 0 Å². The molecule has 0 saturated carbocycles. The zero-order chi connectivity index (χ0) is 13.2. The van der Waals surface area contributed by atoms with Crippen LogP contribution >= 0.6 is 0 Å². The van der Waals surface area contributed by atoms with Crippen LogP contribution in [0, 0.1) is 0 Å². The number of oxime groups is 1. The Morgan fingerprint density at radius 3 is 2.83 bits per heavy atom. The highest BCUT2D eigenvalue weighted by Crippen LogP contribution is 2.37. The fourth-order valence-corrected chi connectivity index (χ4v) is 2.56. The first-order valence-electron chi connectivity index (χ1n) is 6.67. The van der Waals surface area contributed by atoms with Crippen LogP contribution in [0.4, 0.5) is 0 Å². The first-order valence-corrected chi connectivity index (χ1v) is 6.67. The van der Waals surface area contributed by atoms with Gasteiger partial charge in [-0.15, -0.1) is 0 Å². The SMILES string of the molecule is CCC(=O)O/N=C1\CC2(CCN(C)CC2)OC1C. The van der Waals surface area contributed by atoms with E-state index in [0.29, 0.717) is 6.42 Å². The van der Waals surface area contributed by atoms with E-state index in [2.05, 4.69) is 17.1 Å². The maximum atomic E-state index is 11.1. The molecule has 2 aliphatic heterocycles. The van der Waals surface area contributed by atoms with Crippen LogP contribution in [0.15, 0.2) is 5.16 Å². The summed E-state index contributed by atoms with van der Waals surface area (Å²) in [6.45, 7) is 5.84. The topological polar surface area (TPSA) is 51.1 Å². The summed E-state index contributed by atoms with van der Waals surface area (Å²) in [5, 5.41) is 3.97. The fraction of sp³-hybridized carbons (Fsp3) is 0.846. The average molecular weight is 254 g/mol. The Kier molecular flexibility index (Phi) is 4.02. The second-order valence-corrected chi connectivity index (χ2v) is 5.32. The highest BCUT2D eigenvalue weighted by molar-refractivity contribution is 5.91. The van der Waals surface area contributed by atoms with E-state index in [0.717, 1.165) is 38.1 Å². The van der Waals surface area contributed by atoms with Gasteiger partial charge in [-0.3, -0.25) is 0 Å². The van der Waals surface area contributed by atoms with Gasteiger partial charge in [-0.05, 0) is 26.8 Å². The number of piperidine rings is 1. The van der Waals surface area contributed by atoms with Gasteiger partial charge in [0.25, 0.3) is 0 Å². The standard InChI is InChI=1S/C13H22N2O3/c1-4-12(16)18-14-11-9-13(17-10(11)2)5-7-15(3)8-6-13/h10H,4-9H2,1-3H3/b14-11+. The molecule has 2 heterocycles. The van der Waals surface area contributed by atoms with E-state index in [1.165, 1.54) is 0 Å². The summed E-state index contributed by atoms with van der Waals surface area (Å²) < 4.78 is 6.07. The molecular formula is C13H22N2O3. The van der Waals surface area contributed by atoms with E-state index < -0.39 is 0 Å². The maximum absolute atomic E-state index is 11.1. The van der Waals surface area contributed by atoms with Crippen LogP contribution in [0.1, 0.15) is 39.5 Å². The Labute approximate surface area is 108 Å². The molecule has 2 rings (SSSR count). The zero-order valence-corrected chi connectivity index (χ0v) is 11.4. The number of ether oxygens (including phenoxy) is 1. The van der Waals surface area contributed by atoms with Crippen LogP contribution < -0.4 is 0 Å². The van der Waals surface area contributed by atoms with Gasteiger partial charge in [-0.25, -0.2) is 4.79 Å². The summed E-state index contributed by atoms with van der Waals surface area (Å²) >= 11 is 0. The Hall–Kier alpha value is -0.940. The van der Waals surface area contributed by atoms with Crippen molar-refractivity contribution in [2.24, 2.45) is 5.16 Å². The molecule has 1 unspecified atom stereocenters. The summed E-state index contributed by atoms with van der Waals surface area (Å²) in [4.78, 5) is 18.3. The fourth-order valence-electron chi connectivity index (χ4n) is 2.56. The van der Waals surface area contributed by atoms with Crippen molar-refractivity contribution in [1.82, 2.24) is 4.90 Å². The highest BCUT2D eigenvalue weighted by Gasteiger charge is 2.44. The van der Waals surface area contributed by atoms with Gasteiger partial charge in [0.05, 0.1) is 17.4 Å². The van der Waals surface area contributed by atoms with E-state index in [4.69, 9.17) is 9.57 Å². The Morgan fingerprint density at radius 2 is 2.22 bits per heavy atom. The van der Waals surface area contributed by atoms with Crippen LogP contribution in [0.3, 0.4) is 0 Å². The third-order valence-corrected chi connectivity index (χ3v) is 3.85. The van der Waals surface area contributed by atoms with E-state index in [1.807, 2.05) is 6.92 Å². The predicted molar refractivity (Wildman–Crippen MR) is 68.4 cm³/mol. The van der Waals surface area contributed by atoms with E-state index in [-0.39, 0.29) is 17.7 Å². The van der Waals surface area contributed by atoms with E-state index in [1.54, 1.807) is 6.92 Å². The lowest BCUT2D eigenvalue weighted by Gasteiger charge is -2.36. The van der Waals surface area contributed by atoms with Crippen molar-refractivity contribution >= 4 is 11.7 Å². The van der Waals surface area contributed by atoms with Crippen molar-refractivity contribution in [2.45, 2.75) is 51.2 Å². The molecule has 1 spiro atoms. The predicted octanol–water partition coefficient (Wildman–Crippen LogP) is 1.57. The summed E-state index contributed by atoms with van der Waals surface area (Å²) in [5.41, 5.74) is 0.782. The van der Waals surface area contributed by atoms with Crippen LogP contribution in [-0.4, -0.2) is 48.4 Å². The molecule has 102 valence electrons. The number of rotatable bonds is 2. The molecule has 0 aromatic carbocycles. The second kappa shape index (κ2) is 5.36. The molecule has 2 saturated heterocycles. The van der Waals surface area contributed by atoms with Crippen molar-refractivity contribution in [2.75, 3.05) is 20.1 Å². The number of nitrogens with zero attached hydrogens (tertiary/aromatic N) is 2. The van der Waals surface area contributed by atoms with Gasteiger partial charge in [0.15, 0.2) is 0 Å². The minimum absolute atomic E-state index is 0.0435. The molecule has 0 aliphatic carbocycles. The lowest BCUT2D eigenvalue weighted by atomic mass is 9.88. The Morgan fingerprint density at radius 1 is 1.56 bits per heavy atom. The van der Waals surface area contributed by atoms with Crippen molar-refractivity contribution in [1.29, 1.82) is 0 Å². The first kappa shape index (κ1) is 13.5. The molecule has 0 aromatic heterocycles. The van der Waals surface area contributed by atoms with Gasteiger partial charge in [-0.2, -0.15) is 0 Å². The summed E-state index contributed by atoms with van der Waals surface area (Å²) in [5.74, 6) is -0.293. The van der Waals surface area contributed by atoms with Crippen LogP contribution in [0.25, 0.3) is 0 Å². The third kappa shape index (κ3) is 2.90. The molecule has 0 aromatic rings. The minimum Gasteiger partial charge on any atom is -0.365 e. The Bertz CT molecular complexity index is 346. The lowest BCUT2D eigenvalue weighted by molar-refractivity contribution is -0.143. The molecular weight excluding hydrogens is 232 g/mol. The highest BCUT2D eigenvalue weighted by atomic mass is 16.7. The van der Waals surface area contributed by atoms with Gasteiger partial charge in [0, 0.05) is 25.9 Å². The molecule has 0 radical (unpaired) electrons. The molecule has 5 heteroatoms. The van der Waals surface area contributed by atoms with Gasteiger partial charge in [0.1, 0.15) is 0 Å². The number of hydrogen-bond acceptors (Lipinski definition) is 5. The van der Waals surface area contributed by atoms with Crippen molar-refractivity contribution in [3.8, 4) is 0 Å². The number of hydrogen-bond donors (Lipinski definition) is 0. The number of likely N-dealkylation sites (tertiary alicyclic amines) is 1. The Balaban J connectivity index is 1.98. The molecule has 2 fully saturated rings. The second-order valence-electron chi connectivity index (χ2n) is 5.32. The molecule has 2 aliphatic rings. The summed E-state index contributed by atoms with van der Waals surface area (Å²) in [6.07, 6.45) is 3.14. The summed E-state index contributed by atoms with van der Waals surface area (Å²) in [7, 11) is 2.13. The number of carbonyl (C=O) groups is 1. The molecule has 1 atom stereocenters. The zero-order valence-electron chi connectivity index (χ0n) is 11.4. The lowest BCUT2D eigenvalue weighted by Crippen LogP contribution is -2.42.